The number of hydrogen-bond donors (Lipinski definition) is 2. The molecule has 0 saturated carbocycles. The van der Waals surface area contributed by atoms with Crippen molar-refractivity contribution in [3.8, 4) is 0 Å². The SMILES string of the molecule is Cn1nc(S(=O)(=O)NC(=O)Nc2c3c(cc4c2CC(C2Cc5cc6c(c(N=C=O)c5C2)CCC6)C4)CCC3)cc1CN1CC(F)C1. The summed E-state index contributed by atoms with van der Waals surface area (Å²) in [5.41, 5.74) is 11.9. The summed E-state index contributed by atoms with van der Waals surface area (Å²) in [6.45, 7) is 1.01. The molecule has 3 aromatic rings. The number of aliphatic imine (C=N–C) groups is 1. The number of nitrogens with one attached hydrogen (secondary N) is 2. The number of aryl methyl sites for hydroxylation is 3. The van der Waals surface area contributed by atoms with Gasteiger partial charge in [0, 0.05) is 38.4 Å². The van der Waals surface area contributed by atoms with Crippen molar-refractivity contribution < 1.29 is 22.4 Å². The molecule has 1 aliphatic heterocycles. The van der Waals surface area contributed by atoms with Gasteiger partial charge in [-0.15, -0.1) is 0 Å². The summed E-state index contributed by atoms with van der Waals surface area (Å²) in [5, 5.41) is 6.85. The maximum Gasteiger partial charge on any atom is 0.333 e. The van der Waals surface area contributed by atoms with Crippen molar-refractivity contribution in [1.82, 2.24) is 19.4 Å². The van der Waals surface area contributed by atoms with Gasteiger partial charge in [0.25, 0.3) is 10.0 Å². The van der Waals surface area contributed by atoms with Crippen LogP contribution >= 0.6 is 0 Å². The summed E-state index contributed by atoms with van der Waals surface area (Å²) in [7, 11) is -2.60. The quantitative estimate of drug-likeness (QED) is 0.294. The number of urea groups is 1. The smallest absolute Gasteiger partial charge is 0.307 e. The molecule has 0 bridgehead atoms. The van der Waals surface area contributed by atoms with Gasteiger partial charge in [-0.1, -0.05) is 12.1 Å². The van der Waals surface area contributed by atoms with E-state index in [1.807, 2.05) is 4.90 Å². The molecule has 2 N–H and O–H groups in total. The molecule has 1 saturated heterocycles. The van der Waals surface area contributed by atoms with E-state index < -0.39 is 22.2 Å². The topological polar surface area (TPSA) is 126 Å². The van der Waals surface area contributed by atoms with Crippen molar-refractivity contribution >= 4 is 33.5 Å². The Balaban J connectivity index is 1.01. The number of sulfonamides is 1. The average Bonchev–Trinajstić information content (AvgIpc) is 3.81. The zero-order valence-electron chi connectivity index (χ0n) is 25.9. The first-order valence-corrected chi connectivity index (χ1v) is 17.8. The average molecular weight is 645 g/mol. The second-order valence-electron chi connectivity index (χ2n) is 13.7. The van der Waals surface area contributed by atoms with Gasteiger partial charge in [0.15, 0.2) is 5.03 Å². The van der Waals surface area contributed by atoms with Crippen LogP contribution in [0.3, 0.4) is 0 Å². The third-order valence-electron chi connectivity index (χ3n) is 10.9. The Morgan fingerprint density at radius 2 is 1.59 bits per heavy atom. The number of hydrogen-bond acceptors (Lipinski definition) is 7. The van der Waals surface area contributed by atoms with Crippen molar-refractivity contribution in [2.24, 2.45) is 23.9 Å². The predicted octanol–water partition coefficient (Wildman–Crippen LogP) is 4.16. The lowest BCUT2D eigenvalue weighted by atomic mass is 9.87. The van der Waals surface area contributed by atoms with E-state index in [9.17, 15) is 22.4 Å². The molecule has 1 aromatic heterocycles. The van der Waals surface area contributed by atoms with Crippen LogP contribution in [-0.2, 0) is 79.8 Å². The highest BCUT2D eigenvalue weighted by Gasteiger charge is 2.38. The number of aromatic nitrogens is 2. The number of anilines is 1. The van der Waals surface area contributed by atoms with E-state index in [4.69, 9.17) is 0 Å². The standard InChI is InChI=1S/C34H37FN6O4S/c1-40-26(17-41-15-25(35)16-41)14-31(38-40)46(44,45)39-34(43)37-33-28-7-3-5-20(28)9-24-11-22(13-30(24)33)21-10-23-8-19-4-2-6-27(19)32(36-18-42)29(23)12-21/h8-9,14,21-22,25H,2-7,10-13,15-17H2,1H3,(H2,37,39,43). The fraction of sp³-hybridized carbons (Fsp3) is 0.500. The lowest BCUT2D eigenvalue weighted by Gasteiger charge is -2.33. The third-order valence-corrected chi connectivity index (χ3v) is 12.1. The molecule has 8 rings (SSSR count). The Labute approximate surface area is 267 Å². The Morgan fingerprint density at radius 3 is 2.28 bits per heavy atom. The molecule has 240 valence electrons. The van der Waals surface area contributed by atoms with Gasteiger partial charge < -0.3 is 5.32 Å². The number of amides is 2. The minimum atomic E-state index is -4.24. The molecule has 0 radical (unpaired) electrons. The fourth-order valence-corrected chi connectivity index (χ4v) is 9.59. The van der Waals surface area contributed by atoms with Crippen LogP contribution in [0.25, 0.3) is 0 Å². The van der Waals surface area contributed by atoms with Crippen molar-refractivity contribution in [3.63, 3.8) is 0 Å². The Bertz CT molecular complexity index is 1940. The van der Waals surface area contributed by atoms with Crippen molar-refractivity contribution in [2.45, 2.75) is 82.0 Å². The number of benzene rings is 2. The summed E-state index contributed by atoms with van der Waals surface area (Å²) in [5.74, 6) is 0.763. The van der Waals surface area contributed by atoms with Crippen LogP contribution in [0.4, 0.5) is 20.6 Å². The molecule has 4 aliphatic carbocycles. The second kappa shape index (κ2) is 11.1. The number of fused-ring (bicyclic) bond motifs is 4. The monoisotopic (exact) mass is 644 g/mol. The molecule has 2 heterocycles. The van der Waals surface area contributed by atoms with Gasteiger partial charge in [-0.25, -0.2) is 18.7 Å². The van der Waals surface area contributed by atoms with Crippen LogP contribution < -0.4 is 10.0 Å². The summed E-state index contributed by atoms with van der Waals surface area (Å²) in [6.07, 6.45) is 10.3. The molecule has 12 heteroatoms. The second-order valence-corrected chi connectivity index (χ2v) is 15.4. The van der Waals surface area contributed by atoms with Crippen molar-refractivity contribution in [3.05, 3.63) is 68.4 Å². The number of rotatable bonds is 7. The van der Waals surface area contributed by atoms with Crippen LogP contribution in [0, 0.1) is 11.8 Å². The molecule has 10 nitrogen and oxygen atoms in total. The first-order valence-electron chi connectivity index (χ1n) is 16.3. The van der Waals surface area contributed by atoms with E-state index in [0.29, 0.717) is 37.2 Å². The minimum Gasteiger partial charge on any atom is -0.307 e. The van der Waals surface area contributed by atoms with Crippen LogP contribution in [0.2, 0.25) is 0 Å². The number of nitrogens with zero attached hydrogens (tertiary/aromatic N) is 4. The number of alkyl halides is 1. The van der Waals surface area contributed by atoms with Gasteiger partial charge in [0.05, 0.1) is 11.4 Å². The van der Waals surface area contributed by atoms with Crippen LogP contribution in [0.1, 0.15) is 63.0 Å². The molecule has 5 aliphatic rings. The zero-order valence-corrected chi connectivity index (χ0v) is 26.7. The maximum atomic E-state index is 13.3. The van der Waals surface area contributed by atoms with Crippen LogP contribution in [0.15, 0.2) is 28.2 Å². The highest BCUT2D eigenvalue weighted by Crippen LogP contribution is 2.48. The van der Waals surface area contributed by atoms with Crippen LogP contribution in [-0.4, -0.2) is 54.5 Å². The number of isocyanates is 1. The molecule has 2 amide bonds. The minimum absolute atomic E-state index is 0.244. The number of likely N-dealkylation sites (tertiary alicyclic amines) is 1. The fourth-order valence-electron chi connectivity index (χ4n) is 8.67. The van der Waals surface area contributed by atoms with Gasteiger partial charge in [-0.2, -0.15) is 18.5 Å². The third kappa shape index (κ3) is 5.07. The Morgan fingerprint density at radius 1 is 0.935 bits per heavy atom. The van der Waals surface area contributed by atoms with Crippen molar-refractivity contribution in [1.29, 1.82) is 0 Å². The first-order chi connectivity index (χ1) is 22.2. The van der Waals surface area contributed by atoms with E-state index >= 15 is 0 Å². The molecule has 1 fully saturated rings. The molecule has 2 unspecified atom stereocenters. The summed E-state index contributed by atoms with van der Waals surface area (Å²) in [6, 6.07) is 5.27. The van der Waals surface area contributed by atoms with Gasteiger partial charge in [0.2, 0.25) is 6.08 Å². The van der Waals surface area contributed by atoms with Crippen LogP contribution in [0.5, 0.6) is 0 Å². The normalized spacial score (nSPS) is 21.7. The maximum absolute atomic E-state index is 13.3. The molecule has 46 heavy (non-hydrogen) atoms. The van der Waals surface area contributed by atoms with Crippen molar-refractivity contribution in [2.75, 3.05) is 18.4 Å². The molecule has 2 atom stereocenters. The molecular weight excluding hydrogens is 607 g/mol. The number of halogens is 1. The van der Waals surface area contributed by atoms with E-state index in [0.717, 1.165) is 86.7 Å². The van der Waals surface area contributed by atoms with Gasteiger partial charge in [0.1, 0.15) is 6.17 Å². The van der Waals surface area contributed by atoms with Gasteiger partial charge >= 0.3 is 6.03 Å². The van der Waals surface area contributed by atoms with Gasteiger partial charge in [-0.3, -0.25) is 9.58 Å². The summed E-state index contributed by atoms with van der Waals surface area (Å²) >= 11 is 0. The molecule has 2 aromatic carbocycles. The molecule has 0 spiro atoms. The predicted molar refractivity (Wildman–Crippen MR) is 169 cm³/mol. The lowest BCUT2D eigenvalue weighted by Crippen LogP contribution is -2.47. The molecular formula is C34H37FN6O4S. The van der Waals surface area contributed by atoms with E-state index in [2.05, 4.69) is 32.3 Å². The summed E-state index contributed by atoms with van der Waals surface area (Å²) in [4.78, 5) is 30.7. The first kappa shape index (κ1) is 29.5. The number of carbonyl (C=O) groups excluding carboxylic acids is 2. The highest BCUT2D eigenvalue weighted by molar-refractivity contribution is 7.90. The Kier molecular flexibility index (Phi) is 7.15. The van der Waals surface area contributed by atoms with E-state index in [1.165, 1.54) is 44.1 Å². The highest BCUT2D eigenvalue weighted by atomic mass is 32.2. The van der Waals surface area contributed by atoms with Gasteiger partial charge in [-0.05, 0) is 121 Å². The Hall–Kier alpha value is -3.86. The largest absolute Gasteiger partial charge is 0.333 e. The summed E-state index contributed by atoms with van der Waals surface area (Å²) < 4.78 is 43.3. The van der Waals surface area contributed by atoms with E-state index in [1.54, 1.807) is 13.1 Å². The number of carbonyl (C=O) groups is 1. The van der Waals surface area contributed by atoms with E-state index in [-0.39, 0.29) is 5.03 Å². The lowest BCUT2D eigenvalue weighted by molar-refractivity contribution is 0.0570. The zero-order chi connectivity index (χ0) is 31.7.